The van der Waals surface area contributed by atoms with E-state index in [1.165, 1.54) is 11.3 Å². The van der Waals surface area contributed by atoms with Crippen LogP contribution in [0, 0.1) is 6.92 Å². The minimum atomic E-state index is -0.0347. The molecule has 2 fully saturated rings. The number of methoxy groups -OCH3 is 1. The van der Waals surface area contributed by atoms with Crippen molar-refractivity contribution < 1.29 is 9.53 Å². The zero-order valence-electron chi connectivity index (χ0n) is 17.5. The van der Waals surface area contributed by atoms with Crippen molar-refractivity contribution >= 4 is 22.4 Å². The maximum Gasteiger partial charge on any atom is 0.273 e. The fourth-order valence-electron chi connectivity index (χ4n) is 5.09. The van der Waals surface area contributed by atoms with E-state index in [2.05, 4.69) is 41.1 Å². The summed E-state index contributed by atoms with van der Waals surface area (Å²) in [6, 6.07) is 18.6. The lowest BCUT2D eigenvalue weighted by Crippen LogP contribution is -2.74. The Kier molecular flexibility index (Phi) is 4.70. The van der Waals surface area contributed by atoms with E-state index in [-0.39, 0.29) is 17.6 Å². The minimum absolute atomic E-state index is 0.0248. The lowest BCUT2D eigenvalue weighted by molar-refractivity contribution is -0.0433. The van der Waals surface area contributed by atoms with Gasteiger partial charge in [0.1, 0.15) is 5.69 Å². The summed E-state index contributed by atoms with van der Waals surface area (Å²) < 4.78 is 5.84. The molecule has 2 saturated heterocycles. The van der Waals surface area contributed by atoms with Crippen LogP contribution in [0.25, 0.3) is 10.8 Å². The highest BCUT2D eigenvalue weighted by atomic mass is 16.5. The Bertz CT molecular complexity index is 1070. The molecular weight excluding hydrogens is 374 g/mol. The van der Waals surface area contributed by atoms with Gasteiger partial charge in [-0.3, -0.25) is 9.78 Å². The second-order valence-electron chi connectivity index (χ2n) is 8.45. The largest absolute Gasteiger partial charge is 0.377 e. The van der Waals surface area contributed by atoms with Gasteiger partial charge in [0.15, 0.2) is 0 Å². The quantitative estimate of drug-likeness (QED) is 0.664. The third kappa shape index (κ3) is 2.96. The van der Waals surface area contributed by atoms with Crippen molar-refractivity contribution in [3.8, 4) is 0 Å². The first-order chi connectivity index (χ1) is 14.6. The van der Waals surface area contributed by atoms with E-state index < -0.39 is 0 Å². The predicted molar refractivity (Wildman–Crippen MR) is 119 cm³/mol. The zero-order valence-corrected chi connectivity index (χ0v) is 17.5. The van der Waals surface area contributed by atoms with Crippen LogP contribution >= 0.6 is 0 Å². The summed E-state index contributed by atoms with van der Waals surface area (Å²) in [6.07, 6.45) is 3.73. The molecule has 2 aromatic carbocycles. The second kappa shape index (κ2) is 7.40. The number of piperidine rings is 1. The van der Waals surface area contributed by atoms with Gasteiger partial charge in [0.05, 0.1) is 11.6 Å². The highest BCUT2D eigenvalue weighted by molar-refractivity contribution is 6.05. The molecule has 1 unspecified atom stereocenters. The van der Waals surface area contributed by atoms with Gasteiger partial charge >= 0.3 is 0 Å². The topological polar surface area (TPSA) is 45.7 Å². The van der Waals surface area contributed by atoms with Crippen LogP contribution in [0.4, 0.5) is 5.69 Å². The van der Waals surface area contributed by atoms with E-state index in [1.54, 1.807) is 13.3 Å². The van der Waals surface area contributed by atoms with Crippen LogP contribution in [-0.4, -0.2) is 54.2 Å². The number of benzene rings is 2. The van der Waals surface area contributed by atoms with Crippen LogP contribution in [0.2, 0.25) is 0 Å². The lowest BCUT2D eigenvalue weighted by atomic mass is 9.73. The molecule has 0 saturated carbocycles. The Balaban J connectivity index is 1.37. The maximum absolute atomic E-state index is 13.3. The molecule has 154 valence electrons. The van der Waals surface area contributed by atoms with E-state index in [0.29, 0.717) is 18.8 Å². The summed E-state index contributed by atoms with van der Waals surface area (Å²) in [6.45, 7) is 4.44. The van der Waals surface area contributed by atoms with E-state index >= 15 is 0 Å². The molecule has 0 N–H and O–H groups in total. The number of pyridine rings is 1. The fraction of sp³-hybridized carbons (Fsp3) is 0.360. The number of carbonyl (C=O) groups excluding carboxylic acids is 1. The minimum Gasteiger partial charge on any atom is -0.377 e. The molecule has 1 spiro atoms. The van der Waals surface area contributed by atoms with Gasteiger partial charge in [-0.2, -0.15) is 0 Å². The van der Waals surface area contributed by atoms with Crippen molar-refractivity contribution in [2.75, 3.05) is 31.6 Å². The van der Waals surface area contributed by atoms with Crippen molar-refractivity contribution in [2.24, 2.45) is 0 Å². The summed E-state index contributed by atoms with van der Waals surface area (Å²) in [5.41, 5.74) is 3.02. The van der Waals surface area contributed by atoms with Gasteiger partial charge in [-0.25, -0.2) is 0 Å². The summed E-state index contributed by atoms with van der Waals surface area (Å²) in [5.74, 6) is 0.0248. The number of ether oxygens (including phenoxy) is 1. The average molecular weight is 402 g/mol. The molecule has 0 aliphatic carbocycles. The monoisotopic (exact) mass is 401 g/mol. The van der Waals surface area contributed by atoms with Crippen LogP contribution in [-0.2, 0) is 4.74 Å². The molecule has 0 bridgehead atoms. The smallest absolute Gasteiger partial charge is 0.273 e. The molecule has 30 heavy (non-hydrogen) atoms. The molecule has 3 heterocycles. The summed E-state index contributed by atoms with van der Waals surface area (Å²) >= 11 is 0. The van der Waals surface area contributed by atoms with Crippen LogP contribution in [0.3, 0.4) is 0 Å². The van der Waals surface area contributed by atoms with Gasteiger partial charge in [0.25, 0.3) is 5.91 Å². The number of fused-ring (bicyclic) bond motifs is 1. The molecule has 5 rings (SSSR count). The highest BCUT2D eigenvalue weighted by Crippen LogP contribution is 2.44. The molecule has 1 amide bonds. The number of anilines is 1. The molecular formula is C25H27N3O2. The maximum atomic E-state index is 13.3. The van der Waals surface area contributed by atoms with Crippen LogP contribution in [0.5, 0.6) is 0 Å². The number of hydrogen-bond donors (Lipinski definition) is 0. The first kappa shape index (κ1) is 19.1. The van der Waals surface area contributed by atoms with Gasteiger partial charge in [0.2, 0.25) is 0 Å². The van der Waals surface area contributed by atoms with Gasteiger partial charge in [-0.1, -0.05) is 42.0 Å². The Morgan fingerprint density at radius 2 is 1.80 bits per heavy atom. The molecule has 1 atom stereocenters. The molecule has 5 heteroatoms. The average Bonchev–Trinajstić information content (AvgIpc) is 2.79. The van der Waals surface area contributed by atoms with Gasteiger partial charge < -0.3 is 14.5 Å². The molecule has 2 aliphatic rings. The van der Waals surface area contributed by atoms with Crippen LogP contribution in [0.1, 0.15) is 28.9 Å². The lowest BCUT2D eigenvalue weighted by Gasteiger charge is -2.61. The number of aromatic nitrogens is 1. The van der Waals surface area contributed by atoms with E-state index in [4.69, 9.17) is 4.74 Å². The van der Waals surface area contributed by atoms with Crippen molar-refractivity contribution in [2.45, 2.75) is 31.4 Å². The van der Waals surface area contributed by atoms with Gasteiger partial charge in [0, 0.05) is 44.0 Å². The zero-order chi connectivity index (χ0) is 20.7. The number of nitrogens with zero attached hydrogens (tertiary/aromatic N) is 3. The van der Waals surface area contributed by atoms with E-state index in [9.17, 15) is 4.79 Å². The normalized spacial score (nSPS) is 20.4. The van der Waals surface area contributed by atoms with E-state index in [1.807, 2.05) is 35.2 Å². The molecule has 2 aliphatic heterocycles. The Morgan fingerprint density at radius 3 is 2.53 bits per heavy atom. The molecule has 3 aromatic rings. The SMILES string of the molecule is COC1CN(c2ccc(C)cc2)C12CCN(C(=O)c1nccc3ccccc13)CC2. The standard InChI is InChI=1S/C25H27N3O2/c1-18-7-9-20(10-8-18)28-17-22(30-2)25(28)12-15-27(16-13-25)24(29)23-21-6-4-3-5-19(21)11-14-26-23/h3-11,14,22H,12-13,15-17H2,1-2H3. The predicted octanol–water partition coefficient (Wildman–Crippen LogP) is 4.05. The van der Waals surface area contributed by atoms with Crippen LogP contribution in [0.15, 0.2) is 60.8 Å². The highest BCUT2D eigenvalue weighted by Gasteiger charge is 2.55. The van der Waals surface area contributed by atoms with Crippen molar-refractivity contribution in [3.05, 3.63) is 72.1 Å². The molecule has 5 nitrogen and oxygen atoms in total. The third-order valence-electron chi connectivity index (χ3n) is 6.91. The van der Waals surface area contributed by atoms with E-state index in [0.717, 1.165) is 30.2 Å². The Labute approximate surface area is 177 Å². The number of likely N-dealkylation sites (tertiary alicyclic amines) is 1. The number of rotatable bonds is 3. The van der Waals surface area contributed by atoms with Gasteiger partial charge in [-0.15, -0.1) is 0 Å². The fourth-order valence-corrected chi connectivity index (χ4v) is 5.09. The number of carbonyl (C=O) groups is 1. The summed E-state index contributed by atoms with van der Waals surface area (Å²) in [5, 5.41) is 1.97. The second-order valence-corrected chi connectivity index (χ2v) is 8.45. The van der Waals surface area contributed by atoms with Crippen LogP contribution < -0.4 is 4.90 Å². The Hall–Kier alpha value is -2.92. The molecule has 0 radical (unpaired) electrons. The Morgan fingerprint density at radius 1 is 1.07 bits per heavy atom. The first-order valence-electron chi connectivity index (χ1n) is 10.6. The number of amides is 1. The third-order valence-corrected chi connectivity index (χ3v) is 6.91. The van der Waals surface area contributed by atoms with Crippen molar-refractivity contribution in [1.29, 1.82) is 0 Å². The number of hydrogen-bond acceptors (Lipinski definition) is 4. The summed E-state index contributed by atoms with van der Waals surface area (Å²) in [4.78, 5) is 22.1. The number of aryl methyl sites for hydroxylation is 1. The van der Waals surface area contributed by atoms with Crippen molar-refractivity contribution in [3.63, 3.8) is 0 Å². The van der Waals surface area contributed by atoms with Crippen molar-refractivity contribution in [1.82, 2.24) is 9.88 Å². The summed E-state index contributed by atoms with van der Waals surface area (Å²) in [7, 11) is 1.80. The molecule has 1 aromatic heterocycles. The first-order valence-corrected chi connectivity index (χ1v) is 10.6. The van der Waals surface area contributed by atoms with Gasteiger partial charge in [-0.05, 0) is 43.4 Å².